The molecule has 0 saturated carbocycles. The van der Waals surface area contributed by atoms with Gasteiger partial charge in [-0.3, -0.25) is 0 Å². The molecule has 52 valence electrons. The highest BCUT2D eigenvalue weighted by molar-refractivity contribution is 5.06. The lowest BCUT2D eigenvalue weighted by Gasteiger charge is -1.98. The summed E-state index contributed by atoms with van der Waals surface area (Å²) in [6.07, 6.45) is 1.54. The van der Waals surface area contributed by atoms with Gasteiger partial charge in [0.15, 0.2) is 0 Å². The second-order valence-electron chi connectivity index (χ2n) is 1.79. The first-order valence-electron chi connectivity index (χ1n) is 3.11. The van der Waals surface area contributed by atoms with Gasteiger partial charge in [0.1, 0.15) is 0 Å². The lowest BCUT2D eigenvalue weighted by atomic mass is 10.2. The molecule has 0 bridgehead atoms. The molecule has 0 rings (SSSR count). The molecular weight excluding hydrogens is 114 g/mol. The molecule has 0 radical (unpaired) electrons. The van der Waals surface area contributed by atoms with Crippen LogP contribution < -0.4 is 5.73 Å². The van der Waals surface area contributed by atoms with Crippen LogP contribution in [0.3, 0.4) is 0 Å². The fraction of sp³-hybridized carbons (Fsp3) is 0.667. The van der Waals surface area contributed by atoms with Gasteiger partial charge in [-0.05, 0) is 12.8 Å². The van der Waals surface area contributed by atoms with E-state index in [0.29, 0.717) is 5.70 Å². The average molecular weight is 127 g/mol. The quantitative estimate of drug-likeness (QED) is 0.559. The van der Waals surface area contributed by atoms with Crippen molar-refractivity contribution in [2.45, 2.75) is 26.7 Å². The topological polar surface area (TPSA) is 62.2 Å². The van der Waals surface area contributed by atoms with Gasteiger partial charge in [0.2, 0.25) is 0 Å². The molecule has 0 amide bonds. The Morgan fingerprint density at radius 1 is 1.44 bits per heavy atom. The van der Waals surface area contributed by atoms with E-state index in [1.165, 1.54) is 0 Å². The Labute approximate surface area is 55.5 Å². The van der Waals surface area contributed by atoms with Crippen LogP contribution in [-0.4, -0.2) is 0 Å². The van der Waals surface area contributed by atoms with E-state index in [4.69, 9.17) is 11.3 Å². The van der Waals surface area contributed by atoms with Crippen molar-refractivity contribution in [3.63, 3.8) is 0 Å². The molecule has 0 spiro atoms. The second-order valence-corrected chi connectivity index (χ2v) is 1.79. The number of hydrogen-bond acceptors (Lipinski definition) is 3. The van der Waals surface area contributed by atoms with Gasteiger partial charge in [-0.2, -0.15) is 5.11 Å². The zero-order chi connectivity index (χ0) is 7.28. The normalized spacial score (nSPS) is 12.7. The lowest BCUT2D eigenvalue weighted by Crippen LogP contribution is -1.98. The van der Waals surface area contributed by atoms with Gasteiger partial charge >= 0.3 is 0 Å². The van der Waals surface area contributed by atoms with Crippen LogP contribution in [0, 0.1) is 5.53 Å². The van der Waals surface area contributed by atoms with Crippen molar-refractivity contribution < 1.29 is 0 Å². The summed E-state index contributed by atoms with van der Waals surface area (Å²) in [6, 6.07) is 0. The van der Waals surface area contributed by atoms with Crippen molar-refractivity contribution in [1.82, 2.24) is 0 Å². The van der Waals surface area contributed by atoms with E-state index in [-0.39, 0.29) is 0 Å². The summed E-state index contributed by atoms with van der Waals surface area (Å²) in [6.45, 7) is 3.89. The zero-order valence-corrected chi connectivity index (χ0v) is 5.94. The number of nitrogens with two attached hydrogens (primary N) is 1. The molecule has 0 unspecified atom stereocenters. The molecule has 0 heterocycles. The molecule has 0 aliphatic carbocycles. The molecule has 0 aromatic carbocycles. The third-order valence-electron chi connectivity index (χ3n) is 1.22. The average Bonchev–Trinajstić information content (AvgIpc) is 1.90. The molecule has 3 nitrogen and oxygen atoms in total. The van der Waals surface area contributed by atoms with Gasteiger partial charge < -0.3 is 5.73 Å². The van der Waals surface area contributed by atoms with E-state index < -0.39 is 0 Å². The van der Waals surface area contributed by atoms with Gasteiger partial charge in [0.05, 0.1) is 5.70 Å². The minimum atomic E-state index is 0.706. The minimum absolute atomic E-state index is 0.706. The fourth-order valence-corrected chi connectivity index (χ4v) is 0.582. The van der Waals surface area contributed by atoms with Crippen LogP contribution in [0.2, 0.25) is 0 Å². The largest absolute Gasteiger partial charge is 0.401 e. The summed E-state index contributed by atoms with van der Waals surface area (Å²) in [5.41, 5.74) is 13.6. The molecule has 0 fully saturated rings. The highest BCUT2D eigenvalue weighted by Gasteiger charge is 1.94. The van der Waals surface area contributed by atoms with E-state index in [9.17, 15) is 0 Å². The van der Waals surface area contributed by atoms with E-state index in [0.717, 1.165) is 18.5 Å². The van der Waals surface area contributed by atoms with Crippen LogP contribution in [0.25, 0.3) is 0 Å². The first-order valence-corrected chi connectivity index (χ1v) is 3.11. The van der Waals surface area contributed by atoms with Crippen LogP contribution in [0.4, 0.5) is 0 Å². The highest BCUT2D eigenvalue weighted by Crippen LogP contribution is 2.07. The van der Waals surface area contributed by atoms with Gasteiger partial charge in [0, 0.05) is 5.70 Å². The molecule has 0 aliphatic heterocycles. The summed E-state index contributed by atoms with van der Waals surface area (Å²) in [7, 11) is 0. The van der Waals surface area contributed by atoms with Crippen molar-refractivity contribution in [2.75, 3.05) is 0 Å². The van der Waals surface area contributed by atoms with Crippen molar-refractivity contribution in [1.29, 1.82) is 5.53 Å². The van der Waals surface area contributed by atoms with E-state index in [1.807, 2.05) is 13.8 Å². The van der Waals surface area contributed by atoms with Crippen LogP contribution in [0.5, 0.6) is 0 Å². The van der Waals surface area contributed by atoms with Crippen molar-refractivity contribution in [2.24, 2.45) is 10.8 Å². The van der Waals surface area contributed by atoms with Gasteiger partial charge in [-0.25, -0.2) is 5.53 Å². The molecule has 3 heteroatoms. The van der Waals surface area contributed by atoms with Crippen molar-refractivity contribution in [3.05, 3.63) is 11.4 Å². The smallest absolute Gasteiger partial charge is 0.0807 e. The van der Waals surface area contributed by atoms with E-state index in [1.54, 1.807) is 0 Å². The Morgan fingerprint density at radius 3 is 2.11 bits per heavy atom. The monoisotopic (exact) mass is 127 g/mol. The lowest BCUT2D eigenvalue weighted by molar-refractivity contribution is 0.893. The van der Waals surface area contributed by atoms with E-state index in [2.05, 4.69) is 5.11 Å². The van der Waals surface area contributed by atoms with Crippen LogP contribution in [0.15, 0.2) is 16.5 Å². The second kappa shape index (κ2) is 4.06. The Kier molecular flexibility index (Phi) is 3.67. The number of allylic oxidation sites excluding steroid dienone is 2. The third kappa shape index (κ3) is 2.26. The molecule has 0 aromatic heterocycles. The fourth-order valence-electron chi connectivity index (χ4n) is 0.582. The molecule has 0 aliphatic rings. The molecule has 0 atom stereocenters. The molecule has 9 heavy (non-hydrogen) atoms. The Bertz CT molecular complexity index is 126. The number of hydrogen-bond donors (Lipinski definition) is 2. The number of nitrogens with zero attached hydrogens (tertiary/aromatic N) is 1. The maximum absolute atomic E-state index is 6.68. The van der Waals surface area contributed by atoms with Crippen LogP contribution in [0.1, 0.15) is 26.7 Å². The standard InChI is InChI=1S/C6H13N3/c1-3-5(7)6(4-2)9-8/h8H,3-4,7H2,1-2H3/b6-5-,9-8?. The predicted octanol–water partition coefficient (Wildman–Crippen LogP) is 2.01. The SMILES string of the molecule is CC/C(N)=C(\CC)N=N. The highest BCUT2D eigenvalue weighted by atomic mass is 15.0. The third-order valence-corrected chi connectivity index (χ3v) is 1.22. The van der Waals surface area contributed by atoms with Gasteiger partial charge in [0.25, 0.3) is 0 Å². The number of nitrogens with one attached hydrogen (secondary N) is 1. The molecular formula is C6H13N3. The first kappa shape index (κ1) is 8.14. The molecule has 3 N–H and O–H groups in total. The summed E-state index contributed by atoms with van der Waals surface area (Å²) >= 11 is 0. The van der Waals surface area contributed by atoms with E-state index >= 15 is 0 Å². The van der Waals surface area contributed by atoms with Gasteiger partial charge in [-0.15, -0.1) is 0 Å². The summed E-state index contributed by atoms with van der Waals surface area (Å²) < 4.78 is 0. The van der Waals surface area contributed by atoms with Crippen LogP contribution >= 0.6 is 0 Å². The Morgan fingerprint density at radius 2 is 2.00 bits per heavy atom. The Hall–Kier alpha value is -0.860. The zero-order valence-electron chi connectivity index (χ0n) is 5.94. The van der Waals surface area contributed by atoms with Crippen molar-refractivity contribution in [3.8, 4) is 0 Å². The maximum Gasteiger partial charge on any atom is 0.0807 e. The molecule has 0 saturated heterocycles. The molecule has 0 aromatic rings. The summed E-state index contributed by atoms with van der Waals surface area (Å²) in [4.78, 5) is 0. The predicted molar refractivity (Wildman–Crippen MR) is 36.9 cm³/mol. The number of rotatable bonds is 3. The summed E-state index contributed by atoms with van der Waals surface area (Å²) in [5, 5.41) is 3.28. The maximum atomic E-state index is 6.68. The first-order chi connectivity index (χ1) is 4.26. The van der Waals surface area contributed by atoms with Crippen LogP contribution in [-0.2, 0) is 0 Å². The van der Waals surface area contributed by atoms with Crippen molar-refractivity contribution >= 4 is 0 Å². The Balaban J connectivity index is 4.18. The van der Waals surface area contributed by atoms with Gasteiger partial charge in [-0.1, -0.05) is 13.8 Å². The minimum Gasteiger partial charge on any atom is -0.401 e. The summed E-state index contributed by atoms with van der Waals surface area (Å²) in [5.74, 6) is 0.